The molecule has 0 saturated carbocycles. The summed E-state index contributed by atoms with van der Waals surface area (Å²) in [6, 6.07) is 61.4. The van der Waals surface area contributed by atoms with Crippen LogP contribution in [0.1, 0.15) is 101 Å². The standard InChI is InChI=1S/C44H46ClN5.C25H32ClN5/c45-40-24-22-36(23-25-40)42(43-21-10-12-27-46-43)26-29-49-32-30-48(31-33-49)28-13-11-20-41-34-50(35-47-41)44(37-14-4-1-5-15-37,38-16-6-2-7-17-38)39-18-8-3-9-19-39;26-22-9-7-21(8-10-22)24(25-6-1-3-12-28-25)11-14-31-17-15-30(16-18-31)13-4-2-5-23-19-27-20-29-23/h1-10,12,14-19,21-25,27,34-35,42H,11,13,20,26,28-33H2;1,3,6-10,12,19-20,24H,2,4-5,11,13-18H2,(H,27,29). The normalized spacial score (nSPS) is 15.4. The predicted molar refractivity (Wildman–Crippen MR) is 331 cm³/mol. The summed E-state index contributed by atoms with van der Waals surface area (Å²) in [5.41, 5.74) is 10.4. The van der Waals surface area contributed by atoms with Gasteiger partial charge in [0.05, 0.1) is 18.3 Å². The van der Waals surface area contributed by atoms with Gasteiger partial charge < -0.3 is 29.2 Å². The molecule has 0 aliphatic carbocycles. The largest absolute Gasteiger partial charge is 0.348 e. The third-order valence-corrected chi connectivity index (χ3v) is 17.0. The first-order chi connectivity index (χ1) is 40.0. The zero-order chi connectivity index (χ0) is 55.3. The zero-order valence-electron chi connectivity index (χ0n) is 46.8. The highest BCUT2D eigenvalue weighted by molar-refractivity contribution is 6.30. The van der Waals surface area contributed by atoms with Crippen LogP contribution in [0.4, 0.5) is 0 Å². The van der Waals surface area contributed by atoms with Crippen LogP contribution in [-0.4, -0.2) is 128 Å². The molecular formula is C69H78Cl2N10. The number of nitrogens with one attached hydrogen (secondary N) is 1. The lowest BCUT2D eigenvalue weighted by Crippen LogP contribution is -2.46. The summed E-state index contributed by atoms with van der Waals surface area (Å²) in [6.45, 7) is 13.6. The fourth-order valence-corrected chi connectivity index (χ4v) is 12.2. The highest BCUT2D eigenvalue weighted by Gasteiger charge is 2.38. The summed E-state index contributed by atoms with van der Waals surface area (Å²) in [6.07, 6.45) is 20.7. The van der Waals surface area contributed by atoms with Gasteiger partial charge in [-0.1, -0.05) is 151 Å². The summed E-state index contributed by atoms with van der Waals surface area (Å²) >= 11 is 12.3. The molecule has 9 aromatic rings. The topological polar surface area (TPSA) is 85.2 Å². The number of aromatic amines is 1. The van der Waals surface area contributed by atoms with Crippen molar-refractivity contribution in [3.63, 3.8) is 0 Å². The Morgan fingerprint density at radius 3 is 1.27 bits per heavy atom. The monoisotopic (exact) mass is 1120 g/mol. The molecule has 0 spiro atoms. The van der Waals surface area contributed by atoms with Gasteiger partial charge in [0.1, 0.15) is 5.54 Å². The first kappa shape index (κ1) is 57.5. The van der Waals surface area contributed by atoms with E-state index in [1.807, 2.05) is 61.3 Å². The summed E-state index contributed by atoms with van der Waals surface area (Å²) < 4.78 is 2.33. The fraction of sp³-hybridized carbons (Fsp3) is 0.333. The molecule has 5 aromatic carbocycles. The number of aryl methyl sites for hydroxylation is 2. The number of halogens is 2. The molecule has 11 rings (SSSR count). The number of hydrogen-bond acceptors (Lipinski definition) is 8. The molecule has 1 N–H and O–H groups in total. The third-order valence-electron chi connectivity index (χ3n) is 16.5. The van der Waals surface area contributed by atoms with Gasteiger partial charge in [0.25, 0.3) is 0 Å². The molecule has 12 heteroatoms. The van der Waals surface area contributed by atoms with E-state index in [4.69, 9.17) is 33.2 Å². The average Bonchev–Trinajstić information content (AvgIpc) is 4.32. The van der Waals surface area contributed by atoms with Crippen LogP contribution in [0.2, 0.25) is 10.0 Å². The number of unbranched alkanes of at least 4 members (excludes halogenated alkanes) is 2. The van der Waals surface area contributed by atoms with E-state index < -0.39 is 5.54 Å². The molecule has 2 saturated heterocycles. The summed E-state index contributed by atoms with van der Waals surface area (Å²) in [5.74, 6) is 0.576. The SMILES string of the molecule is Clc1ccc(C(CCN2CCN(CCCCc3cn(C(c4ccccc4)(c4ccccc4)c4ccccc4)cn3)CC2)c2ccccn2)cc1.Clc1ccc(C(CCN2CCN(CCCCc3cnc[nH]3)CC2)c2ccccn2)cc1. The number of pyridine rings is 2. The summed E-state index contributed by atoms with van der Waals surface area (Å²) in [4.78, 5) is 32.1. The lowest BCUT2D eigenvalue weighted by atomic mass is 9.77. The van der Waals surface area contributed by atoms with Gasteiger partial charge in [-0.3, -0.25) is 9.97 Å². The Balaban J connectivity index is 0.000000203. The molecule has 0 radical (unpaired) electrons. The fourth-order valence-electron chi connectivity index (χ4n) is 12.0. The van der Waals surface area contributed by atoms with E-state index in [0.717, 1.165) is 118 Å². The van der Waals surface area contributed by atoms with Gasteiger partial charge >= 0.3 is 0 Å². The molecule has 418 valence electrons. The molecule has 2 fully saturated rings. The molecule has 2 aliphatic rings. The van der Waals surface area contributed by atoms with Gasteiger partial charge in [-0.05, 0) is 154 Å². The van der Waals surface area contributed by atoms with Crippen LogP contribution in [0.15, 0.2) is 213 Å². The lowest BCUT2D eigenvalue weighted by Gasteiger charge is -2.37. The van der Waals surface area contributed by atoms with Crippen LogP contribution in [0.25, 0.3) is 0 Å². The maximum Gasteiger partial charge on any atom is 0.121 e. The minimum Gasteiger partial charge on any atom is -0.348 e. The molecule has 2 unspecified atom stereocenters. The highest BCUT2D eigenvalue weighted by atomic mass is 35.5. The summed E-state index contributed by atoms with van der Waals surface area (Å²) in [7, 11) is 0. The molecule has 10 nitrogen and oxygen atoms in total. The van der Waals surface area contributed by atoms with Gasteiger partial charge in [0.15, 0.2) is 0 Å². The Morgan fingerprint density at radius 1 is 0.444 bits per heavy atom. The highest BCUT2D eigenvalue weighted by Crippen LogP contribution is 2.41. The second-order valence-corrected chi connectivity index (χ2v) is 22.6. The average molecular weight is 1120 g/mol. The van der Waals surface area contributed by atoms with Crippen molar-refractivity contribution in [3.8, 4) is 0 Å². The van der Waals surface area contributed by atoms with Crippen LogP contribution in [0.3, 0.4) is 0 Å². The molecule has 81 heavy (non-hydrogen) atoms. The second kappa shape index (κ2) is 29.8. The molecule has 0 amide bonds. The van der Waals surface area contributed by atoms with Crippen molar-refractivity contribution in [3.05, 3.63) is 274 Å². The van der Waals surface area contributed by atoms with Crippen LogP contribution in [-0.2, 0) is 18.4 Å². The van der Waals surface area contributed by atoms with Crippen molar-refractivity contribution in [1.29, 1.82) is 0 Å². The Kier molecular flexibility index (Phi) is 21.1. The molecular weight excluding hydrogens is 1040 g/mol. The Bertz CT molecular complexity index is 3050. The molecule has 2 atom stereocenters. The number of H-pyrrole nitrogens is 1. The lowest BCUT2D eigenvalue weighted by molar-refractivity contribution is 0.129. The van der Waals surface area contributed by atoms with E-state index in [1.54, 1.807) is 6.33 Å². The van der Waals surface area contributed by atoms with Crippen molar-refractivity contribution < 1.29 is 0 Å². The van der Waals surface area contributed by atoms with Crippen LogP contribution in [0, 0.1) is 0 Å². The maximum absolute atomic E-state index is 6.20. The minimum absolute atomic E-state index is 0.271. The van der Waals surface area contributed by atoms with E-state index >= 15 is 0 Å². The number of benzene rings is 5. The Morgan fingerprint density at radius 2 is 0.864 bits per heavy atom. The van der Waals surface area contributed by atoms with Crippen molar-refractivity contribution in [2.45, 2.75) is 68.7 Å². The van der Waals surface area contributed by atoms with Crippen molar-refractivity contribution >= 4 is 23.2 Å². The van der Waals surface area contributed by atoms with Crippen molar-refractivity contribution in [1.82, 2.24) is 49.1 Å². The van der Waals surface area contributed by atoms with Crippen molar-refractivity contribution in [2.24, 2.45) is 0 Å². The van der Waals surface area contributed by atoms with Crippen LogP contribution >= 0.6 is 23.2 Å². The second-order valence-electron chi connectivity index (χ2n) is 21.7. The molecule has 2 aliphatic heterocycles. The van der Waals surface area contributed by atoms with Gasteiger partial charge in [-0.15, -0.1) is 0 Å². The van der Waals surface area contributed by atoms with E-state index in [0.29, 0.717) is 5.92 Å². The number of piperazine rings is 2. The first-order valence-corrected chi connectivity index (χ1v) is 30.1. The Hall–Kier alpha value is -6.76. The van der Waals surface area contributed by atoms with E-state index in [1.165, 1.54) is 72.4 Å². The zero-order valence-corrected chi connectivity index (χ0v) is 48.3. The van der Waals surface area contributed by atoms with Gasteiger partial charge in [-0.25, -0.2) is 9.97 Å². The van der Waals surface area contributed by atoms with E-state index in [2.05, 4.69) is 185 Å². The quantitative estimate of drug-likeness (QED) is 0.0473. The minimum atomic E-state index is -0.513. The van der Waals surface area contributed by atoms with E-state index in [-0.39, 0.29) is 5.92 Å². The van der Waals surface area contributed by atoms with Gasteiger partial charge in [-0.2, -0.15) is 0 Å². The van der Waals surface area contributed by atoms with Crippen LogP contribution < -0.4 is 0 Å². The molecule has 0 bridgehead atoms. The smallest absolute Gasteiger partial charge is 0.121 e. The maximum atomic E-state index is 6.20. The molecule has 4 aromatic heterocycles. The van der Waals surface area contributed by atoms with Gasteiger partial charge in [0.2, 0.25) is 0 Å². The molecule has 6 heterocycles. The number of hydrogen-bond donors (Lipinski definition) is 1. The number of aromatic nitrogens is 6. The van der Waals surface area contributed by atoms with Crippen LogP contribution in [0.5, 0.6) is 0 Å². The number of nitrogens with zero attached hydrogens (tertiary/aromatic N) is 9. The Labute approximate surface area is 490 Å². The third kappa shape index (κ3) is 15.8. The summed E-state index contributed by atoms with van der Waals surface area (Å²) in [5, 5.41) is 1.56. The number of imidazole rings is 2. The van der Waals surface area contributed by atoms with Gasteiger partial charge in [0, 0.05) is 116 Å². The number of rotatable bonds is 24. The van der Waals surface area contributed by atoms with E-state index in [9.17, 15) is 0 Å². The predicted octanol–water partition coefficient (Wildman–Crippen LogP) is 13.6. The first-order valence-electron chi connectivity index (χ1n) is 29.4. The van der Waals surface area contributed by atoms with Crippen molar-refractivity contribution in [2.75, 3.05) is 78.5 Å².